The molecule has 0 saturated carbocycles. The average molecular weight is 255 g/mol. The molecule has 0 aromatic heterocycles. The van der Waals surface area contributed by atoms with E-state index in [2.05, 4.69) is 32.9 Å². The zero-order valence-corrected chi connectivity index (χ0v) is 11.6. The van der Waals surface area contributed by atoms with Crippen molar-refractivity contribution in [2.24, 2.45) is 0 Å². The molecule has 0 aliphatic carbocycles. The van der Waals surface area contributed by atoms with Crippen molar-refractivity contribution >= 4 is 11.6 Å². The zero-order valence-electron chi connectivity index (χ0n) is 10.8. The van der Waals surface area contributed by atoms with E-state index < -0.39 is 5.79 Å². The van der Waals surface area contributed by atoms with Gasteiger partial charge in [0.25, 0.3) is 0 Å². The van der Waals surface area contributed by atoms with Crippen molar-refractivity contribution in [1.29, 1.82) is 0 Å². The maximum Gasteiger partial charge on any atom is 0.193 e. The van der Waals surface area contributed by atoms with Crippen LogP contribution in [0.2, 0.25) is 5.02 Å². The van der Waals surface area contributed by atoms with Gasteiger partial charge in [-0.3, -0.25) is 0 Å². The third kappa shape index (κ3) is 2.49. The van der Waals surface area contributed by atoms with Crippen LogP contribution in [0, 0.1) is 0 Å². The SMILES string of the molecule is CC(C)(C)c1ccc(Cl)c(C2(C)OCCO2)c1. The van der Waals surface area contributed by atoms with E-state index in [1.54, 1.807) is 0 Å². The van der Waals surface area contributed by atoms with E-state index in [0.29, 0.717) is 18.2 Å². The fraction of sp³-hybridized carbons (Fsp3) is 0.571. The molecule has 0 unspecified atom stereocenters. The average Bonchev–Trinajstić information content (AvgIpc) is 2.65. The molecule has 1 aromatic carbocycles. The van der Waals surface area contributed by atoms with E-state index in [1.807, 2.05) is 13.0 Å². The Labute approximate surface area is 108 Å². The highest BCUT2D eigenvalue weighted by molar-refractivity contribution is 6.31. The predicted octanol–water partition coefficient (Wildman–Crippen LogP) is 3.86. The summed E-state index contributed by atoms with van der Waals surface area (Å²) in [5, 5.41) is 0.697. The van der Waals surface area contributed by atoms with Crippen LogP contribution < -0.4 is 0 Å². The normalized spacial score (nSPS) is 19.6. The van der Waals surface area contributed by atoms with Crippen molar-refractivity contribution in [1.82, 2.24) is 0 Å². The van der Waals surface area contributed by atoms with Crippen LogP contribution in [0.15, 0.2) is 18.2 Å². The lowest BCUT2D eigenvalue weighted by Crippen LogP contribution is -2.24. The van der Waals surface area contributed by atoms with Gasteiger partial charge in [-0.15, -0.1) is 0 Å². The van der Waals surface area contributed by atoms with Crippen molar-refractivity contribution < 1.29 is 9.47 Å². The van der Waals surface area contributed by atoms with Crippen LogP contribution in [0.4, 0.5) is 0 Å². The lowest BCUT2D eigenvalue weighted by molar-refractivity contribution is -0.149. The van der Waals surface area contributed by atoms with Gasteiger partial charge >= 0.3 is 0 Å². The first-order chi connectivity index (χ1) is 7.83. The second kappa shape index (κ2) is 4.27. The summed E-state index contributed by atoms with van der Waals surface area (Å²) in [7, 11) is 0. The Bertz CT molecular complexity index is 415. The molecule has 2 nitrogen and oxygen atoms in total. The molecule has 17 heavy (non-hydrogen) atoms. The Hall–Kier alpha value is -0.570. The van der Waals surface area contributed by atoms with Crippen molar-refractivity contribution in [2.75, 3.05) is 13.2 Å². The highest BCUT2D eigenvalue weighted by Gasteiger charge is 2.35. The quantitative estimate of drug-likeness (QED) is 0.758. The van der Waals surface area contributed by atoms with Gasteiger partial charge in [-0.25, -0.2) is 0 Å². The second-order valence-electron chi connectivity index (χ2n) is 5.59. The molecule has 1 aliphatic rings. The van der Waals surface area contributed by atoms with Crippen LogP contribution in [-0.2, 0) is 20.7 Å². The number of rotatable bonds is 1. The van der Waals surface area contributed by atoms with Gasteiger partial charge in [0, 0.05) is 10.6 Å². The standard InChI is InChI=1S/C14H19ClO2/c1-13(2,3)10-5-6-12(15)11(9-10)14(4)16-7-8-17-14/h5-6,9H,7-8H2,1-4H3. The van der Waals surface area contributed by atoms with Crippen molar-refractivity contribution in [3.05, 3.63) is 34.3 Å². The molecular weight excluding hydrogens is 236 g/mol. The summed E-state index contributed by atoms with van der Waals surface area (Å²) in [6.45, 7) is 9.70. The minimum atomic E-state index is -0.696. The van der Waals surface area contributed by atoms with Gasteiger partial charge in [-0.1, -0.05) is 38.4 Å². The third-order valence-electron chi connectivity index (χ3n) is 3.16. The van der Waals surface area contributed by atoms with Crippen LogP contribution in [0.5, 0.6) is 0 Å². The van der Waals surface area contributed by atoms with E-state index >= 15 is 0 Å². The fourth-order valence-electron chi connectivity index (χ4n) is 2.01. The fourth-order valence-corrected chi connectivity index (χ4v) is 2.30. The minimum Gasteiger partial charge on any atom is -0.344 e. The molecule has 1 heterocycles. The summed E-state index contributed by atoms with van der Waals surface area (Å²) < 4.78 is 11.3. The summed E-state index contributed by atoms with van der Waals surface area (Å²) in [6.07, 6.45) is 0. The molecule has 1 saturated heterocycles. The van der Waals surface area contributed by atoms with Gasteiger partial charge in [0.1, 0.15) is 0 Å². The Morgan fingerprint density at radius 3 is 2.29 bits per heavy atom. The molecule has 0 atom stereocenters. The van der Waals surface area contributed by atoms with Gasteiger partial charge in [-0.2, -0.15) is 0 Å². The number of hydrogen-bond donors (Lipinski definition) is 0. The van der Waals surface area contributed by atoms with Gasteiger partial charge < -0.3 is 9.47 Å². The summed E-state index contributed by atoms with van der Waals surface area (Å²) in [5.74, 6) is -0.696. The summed E-state index contributed by atoms with van der Waals surface area (Å²) in [6, 6.07) is 6.07. The number of hydrogen-bond acceptors (Lipinski definition) is 2. The van der Waals surface area contributed by atoms with Crippen molar-refractivity contribution in [2.45, 2.75) is 38.9 Å². The Balaban J connectivity index is 2.46. The third-order valence-corrected chi connectivity index (χ3v) is 3.49. The highest BCUT2D eigenvalue weighted by atomic mass is 35.5. The zero-order chi connectivity index (χ0) is 12.7. The number of benzene rings is 1. The monoisotopic (exact) mass is 254 g/mol. The number of halogens is 1. The smallest absolute Gasteiger partial charge is 0.193 e. The molecule has 1 aromatic rings. The van der Waals surface area contributed by atoms with Gasteiger partial charge in [0.15, 0.2) is 5.79 Å². The molecule has 2 rings (SSSR count). The number of ether oxygens (including phenoxy) is 2. The topological polar surface area (TPSA) is 18.5 Å². The van der Waals surface area contributed by atoms with E-state index in [0.717, 1.165) is 5.56 Å². The van der Waals surface area contributed by atoms with Crippen LogP contribution in [0.1, 0.15) is 38.8 Å². The summed E-state index contributed by atoms with van der Waals surface area (Å²) >= 11 is 6.26. The molecular formula is C14H19ClO2. The van der Waals surface area contributed by atoms with Crippen molar-refractivity contribution in [3.8, 4) is 0 Å². The van der Waals surface area contributed by atoms with Crippen LogP contribution in [0.3, 0.4) is 0 Å². The maximum atomic E-state index is 6.26. The van der Waals surface area contributed by atoms with Gasteiger partial charge in [0.05, 0.1) is 13.2 Å². The van der Waals surface area contributed by atoms with E-state index in [1.165, 1.54) is 5.56 Å². The first kappa shape index (κ1) is 12.9. The highest BCUT2D eigenvalue weighted by Crippen LogP contribution is 2.37. The molecule has 0 amide bonds. The van der Waals surface area contributed by atoms with E-state index in [4.69, 9.17) is 21.1 Å². The van der Waals surface area contributed by atoms with Gasteiger partial charge in [0.2, 0.25) is 0 Å². The second-order valence-corrected chi connectivity index (χ2v) is 5.99. The van der Waals surface area contributed by atoms with Crippen LogP contribution in [-0.4, -0.2) is 13.2 Å². The van der Waals surface area contributed by atoms with E-state index in [-0.39, 0.29) is 5.41 Å². The molecule has 0 spiro atoms. The minimum absolute atomic E-state index is 0.0916. The van der Waals surface area contributed by atoms with Crippen LogP contribution in [0.25, 0.3) is 0 Å². The van der Waals surface area contributed by atoms with Crippen molar-refractivity contribution in [3.63, 3.8) is 0 Å². The Morgan fingerprint density at radius 1 is 1.18 bits per heavy atom. The Morgan fingerprint density at radius 2 is 1.76 bits per heavy atom. The molecule has 0 bridgehead atoms. The summed E-state index contributed by atoms with van der Waals surface area (Å²) in [4.78, 5) is 0. The van der Waals surface area contributed by atoms with Gasteiger partial charge in [-0.05, 0) is 30.0 Å². The molecule has 1 fully saturated rings. The van der Waals surface area contributed by atoms with Crippen LogP contribution >= 0.6 is 11.6 Å². The molecule has 1 aliphatic heterocycles. The lowest BCUT2D eigenvalue weighted by atomic mass is 9.85. The molecule has 0 N–H and O–H groups in total. The molecule has 3 heteroatoms. The largest absolute Gasteiger partial charge is 0.344 e. The molecule has 0 radical (unpaired) electrons. The summed E-state index contributed by atoms with van der Waals surface area (Å²) in [5.41, 5.74) is 2.25. The lowest BCUT2D eigenvalue weighted by Gasteiger charge is -2.27. The first-order valence-corrected chi connectivity index (χ1v) is 6.29. The predicted molar refractivity (Wildman–Crippen MR) is 69.4 cm³/mol. The Kier molecular flexibility index (Phi) is 3.23. The molecule has 94 valence electrons. The maximum absolute atomic E-state index is 6.26. The first-order valence-electron chi connectivity index (χ1n) is 5.91. The van der Waals surface area contributed by atoms with E-state index in [9.17, 15) is 0 Å².